The van der Waals surface area contributed by atoms with Gasteiger partial charge in [0.15, 0.2) is 0 Å². The van der Waals surface area contributed by atoms with Crippen molar-refractivity contribution >= 4 is 55.1 Å². The largest absolute Gasteiger partial charge is 0.416 e. The van der Waals surface area contributed by atoms with Gasteiger partial charge in [0.2, 0.25) is 21.8 Å². The molecule has 3 aromatic carbocycles. The summed E-state index contributed by atoms with van der Waals surface area (Å²) in [4.78, 5) is 28.2. The zero-order valence-corrected chi connectivity index (χ0v) is 24.6. The molecule has 0 unspecified atom stereocenters. The molecule has 0 saturated carbocycles. The second kappa shape index (κ2) is 13.0. The molecule has 0 spiro atoms. The number of amides is 2. The van der Waals surface area contributed by atoms with E-state index in [1.807, 2.05) is 0 Å². The molecule has 3 aromatic rings. The summed E-state index contributed by atoms with van der Waals surface area (Å²) in [5, 5.41) is 2.25. The molecule has 0 aliphatic rings. The Labute approximate surface area is 244 Å². The van der Waals surface area contributed by atoms with Crippen LogP contribution in [0.4, 0.5) is 18.9 Å². The lowest BCUT2D eigenvalue weighted by atomic mass is 10.0. The van der Waals surface area contributed by atoms with E-state index < -0.39 is 51.9 Å². The number of nitrogens with zero attached hydrogens (tertiary/aromatic N) is 2. The van der Waals surface area contributed by atoms with E-state index in [0.717, 1.165) is 28.4 Å². The van der Waals surface area contributed by atoms with Gasteiger partial charge >= 0.3 is 6.18 Å². The van der Waals surface area contributed by atoms with Crippen LogP contribution in [-0.4, -0.2) is 51.0 Å². The lowest BCUT2D eigenvalue weighted by Gasteiger charge is -2.33. The molecule has 2 amide bonds. The number of nitrogens with one attached hydrogen (secondary N) is 1. The third-order valence-electron chi connectivity index (χ3n) is 6.01. The predicted octanol–water partition coefficient (Wildman–Crippen LogP) is 5.27. The van der Waals surface area contributed by atoms with E-state index in [2.05, 4.69) is 21.2 Å². The van der Waals surface area contributed by atoms with E-state index >= 15 is 0 Å². The van der Waals surface area contributed by atoms with Crippen LogP contribution < -0.4 is 9.62 Å². The number of hydrogen-bond donors (Lipinski definition) is 1. The predicted molar refractivity (Wildman–Crippen MR) is 151 cm³/mol. The van der Waals surface area contributed by atoms with Crippen molar-refractivity contribution in [2.75, 3.05) is 24.2 Å². The molecule has 0 aliphatic heterocycles. The van der Waals surface area contributed by atoms with E-state index in [1.54, 1.807) is 54.6 Å². The molecule has 1 N–H and O–H groups in total. The first-order valence-corrected chi connectivity index (χ1v) is 14.9. The van der Waals surface area contributed by atoms with Crippen molar-refractivity contribution in [1.82, 2.24) is 10.2 Å². The lowest BCUT2D eigenvalue weighted by Crippen LogP contribution is -2.52. The molecule has 13 heteroatoms. The maximum absolute atomic E-state index is 13.9. The molecule has 0 aromatic heterocycles. The summed E-state index contributed by atoms with van der Waals surface area (Å²) in [6.07, 6.45) is -3.91. The van der Waals surface area contributed by atoms with E-state index in [-0.39, 0.29) is 18.0 Å². The topological polar surface area (TPSA) is 86.8 Å². The van der Waals surface area contributed by atoms with Gasteiger partial charge in [0, 0.05) is 24.5 Å². The van der Waals surface area contributed by atoms with Crippen molar-refractivity contribution in [2.45, 2.75) is 25.2 Å². The van der Waals surface area contributed by atoms with Crippen molar-refractivity contribution in [2.24, 2.45) is 0 Å². The Balaban J connectivity index is 2.08. The molecular formula is C27H26BrClF3N3O4S. The van der Waals surface area contributed by atoms with Crippen molar-refractivity contribution in [3.8, 4) is 0 Å². The van der Waals surface area contributed by atoms with Gasteiger partial charge in [-0.2, -0.15) is 13.2 Å². The van der Waals surface area contributed by atoms with Gasteiger partial charge in [-0.25, -0.2) is 8.42 Å². The smallest absolute Gasteiger partial charge is 0.357 e. The summed E-state index contributed by atoms with van der Waals surface area (Å²) in [5.74, 6) is -1.32. The van der Waals surface area contributed by atoms with Crippen LogP contribution >= 0.6 is 27.5 Å². The quantitative estimate of drug-likeness (QED) is 0.321. The van der Waals surface area contributed by atoms with Gasteiger partial charge in [-0.3, -0.25) is 13.9 Å². The van der Waals surface area contributed by atoms with Crippen LogP contribution in [0.5, 0.6) is 0 Å². The number of benzene rings is 3. The number of anilines is 1. The average Bonchev–Trinajstić information content (AvgIpc) is 2.89. The summed E-state index contributed by atoms with van der Waals surface area (Å²) < 4.78 is 67.1. The molecular weight excluding hydrogens is 635 g/mol. The lowest BCUT2D eigenvalue weighted by molar-refractivity contribution is -0.139. The zero-order valence-electron chi connectivity index (χ0n) is 21.5. The number of likely N-dealkylation sites (N-methyl/N-ethyl adjacent to an activating group) is 1. The SMILES string of the molecule is CNC(=O)[C@@H](Cc1ccccc1)N(Cc1ccc(Br)cc1)C(=O)CN(c1cc(C(F)(F)F)ccc1Cl)S(C)(=O)=O. The highest BCUT2D eigenvalue weighted by molar-refractivity contribution is 9.10. The van der Waals surface area contributed by atoms with Gasteiger partial charge in [-0.1, -0.05) is 70.0 Å². The maximum Gasteiger partial charge on any atom is 0.416 e. The second-order valence-corrected chi connectivity index (χ2v) is 12.1. The molecule has 3 rings (SSSR count). The Morgan fingerprint density at radius 3 is 2.17 bits per heavy atom. The molecule has 0 radical (unpaired) electrons. The normalized spacial score (nSPS) is 12.5. The number of hydrogen-bond acceptors (Lipinski definition) is 4. The molecule has 0 aliphatic carbocycles. The highest BCUT2D eigenvalue weighted by Crippen LogP contribution is 2.36. The minimum atomic E-state index is -4.78. The number of carbonyl (C=O) groups excluding carboxylic acids is 2. The highest BCUT2D eigenvalue weighted by Gasteiger charge is 2.35. The molecule has 7 nitrogen and oxygen atoms in total. The first-order valence-electron chi connectivity index (χ1n) is 11.8. The Kier molecular flexibility index (Phi) is 10.3. The van der Waals surface area contributed by atoms with Crippen LogP contribution in [0.25, 0.3) is 0 Å². The fourth-order valence-corrected chi connectivity index (χ4v) is 5.37. The summed E-state index contributed by atoms with van der Waals surface area (Å²) in [7, 11) is -2.88. The van der Waals surface area contributed by atoms with Gasteiger partial charge in [0.05, 0.1) is 22.5 Å². The van der Waals surface area contributed by atoms with Gasteiger partial charge in [-0.15, -0.1) is 0 Å². The van der Waals surface area contributed by atoms with Crippen molar-refractivity contribution in [3.05, 3.63) is 99.0 Å². The third-order valence-corrected chi connectivity index (χ3v) is 7.98. The Hall–Kier alpha value is -3.09. The molecule has 214 valence electrons. The zero-order chi connectivity index (χ0) is 29.7. The van der Waals surface area contributed by atoms with E-state index in [9.17, 15) is 31.2 Å². The Morgan fingerprint density at radius 1 is 1.00 bits per heavy atom. The molecule has 0 bridgehead atoms. The van der Waals surface area contributed by atoms with Crippen LogP contribution in [0.15, 0.2) is 77.3 Å². The first-order chi connectivity index (χ1) is 18.7. The standard InChI is InChI=1S/C27H26BrClF3N3O4S/c1-33-26(37)24(14-18-6-4-3-5-7-18)34(16-19-8-11-21(28)12-9-19)25(36)17-35(40(2,38)39)23-15-20(27(30,31)32)10-13-22(23)29/h3-13,15,24H,14,16-17H2,1-2H3,(H,33,37)/t24-/m1/s1. The summed E-state index contributed by atoms with van der Waals surface area (Å²) in [5.41, 5.74) is -0.255. The van der Waals surface area contributed by atoms with Gasteiger partial charge < -0.3 is 10.2 Å². The fraction of sp³-hybridized carbons (Fsp3) is 0.259. The van der Waals surface area contributed by atoms with Gasteiger partial charge in [0.25, 0.3) is 0 Å². The number of carbonyl (C=O) groups is 2. The summed E-state index contributed by atoms with van der Waals surface area (Å²) in [6, 6.07) is 17.0. The van der Waals surface area contributed by atoms with E-state index in [4.69, 9.17) is 11.6 Å². The van der Waals surface area contributed by atoms with Crippen LogP contribution in [-0.2, 0) is 38.8 Å². The van der Waals surface area contributed by atoms with E-state index in [1.165, 1.54) is 11.9 Å². The number of alkyl halides is 3. The van der Waals surface area contributed by atoms with Crippen LogP contribution in [0.3, 0.4) is 0 Å². The summed E-state index contributed by atoms with van der Waals surface area (Å²) >= 11 is 9.48. The molecule has 0 heterocycles. The van der Waals surface area contributed by atoms with Crippen LogP contribution in [0, 0.1) is 0 Å². The summed E-state index contributed by atoms with van der Waals surface area (Å²) in [6.45, 7) is -0.969. The van der Waals surface area contributed by atoms with Crippen molar-refractivity contribution < 1.29 is 31.2 Å². The minimum Gasteiger partial charge on any atom is -0.357 e. The van der Waals surface area contributed by atoms with Gasteiger partial charge in [0.1, 0.15) is 12.6 Å². The Morgan fingerprint density at radius 2 is 1.62 bits per heavy atom. The number of halogens is 5. The third kappa shape index (κ3) is 8.21. The van der Waals surface area contributed by atoms with Crippen molar-refractivity contribution in [3.63, 3.8) is 0 Å². The second-order valence-electron chi connectivity index (χ2n) is 8.90. The fourth-order valence-electron chi connectivity index (χ4n) is 3.98. The van der Waals surface area contributed by atoms with Gasteiger partial charge in [-0.05, 0) is 41.5 Å². The van der Waals surface area contributed by atoms with Crippen LogP contribution in [0.2, 0.25) is 5.02 Å². The minimum absolute atomic E-state index is 0.0784. The molecule has 40 heavy (non-hydrogen) atoms. The highest BCUT2D eigenvalue weighted by atomic mass is 79.9. The number of rotatable bonds is 10. The molecule has 0 saturated heterocycles. The van der Waals surface area contributed by atoms with Crippen molar-refractivity contribution in [1.29, 1.82) is 0 Å². The first kappa shape index (κ1) is 31.4. The molecule has 1 atom stereocenters. The Bertz CT molecular complexity index is 1460. The van der Waals surface area contributed by atoms with E-state index in [0.29, 0.717) is 15.9 Å². The maximum atomic E-state index is 13.9. The van der Waals surface area contributed by atoms with Crippen LogP contribution in [0.1, 0.15) is 16.7 Å². The molecule has 0 fully saturated rings. The number of sulfonamides is 1. The monoisotopic (exact) mass is 659 g/mol. The average molecular weight is 661 g/mol.